The van der Waals surface area contributed by atoms with Gasteiger partial charge in [0.05, 0.1) is 12.2 Å². The Morgan fingerprint density at radius 1 is 1.06 bits per heavy atom. The summed E-state index contributed by atoms with van der Waals surface area (Å²) in [7, 11) is 0. The van der Waals surface area contributed by atoms with Gasteiger partial charge >= 0.3 is 5.97 Å². The monoisotopic (exact) mass is 447 g/mol. The van der Waals surface area contributed by atoms with Crippen molar-refractivity contribution in [1.29, 1.82) is 0 Å². The molecule has 3 aromatic rings. The normalized spacial score (nSPS) is 20.3. The summed E-state index contributed by atoms with van der Waals surface area (Å²) in [6.45, 7) is 1.61. The first-order valence-electron chi connectivity index (χ1n) is 11.8. The lowest BCUT2D eigenvalue weighted by Crippen LogP contribution is -2.35. The van der Waals surface area contributed by atoms with Crippen molar-refractivity contribution in [3.63, 3.8) is 0 Å². The zero-order valence-corrected chi connectivity index (χ0v) is 19.1. The van der Waals surface area contributed by atoms with Gasteiger partial charge in [0.15, 0.2) is 0 Å². The van der Waals surface area contributed by atoms with Gasteiger partial charge in [-0.05, 0) is 66.1 Å². The Morgan fingerprint density at radius 3 is 2.61 bits per heavy atom. The van der Waals surface area contributed by atoms with Crippen molar-refractivity contribution >= 4 is 16.7 Å². The molecule has 0 bridgehead atoms. The molecule has 3 aromatic carbocycles. The molecule has 3 N–H and O–H groups in total. The number of aliphatic hydroxyl groups is 2. The topological polar surface area (TPSA) is 78.8 Å². The fourth-order valence-electron chi connectivity index (χ4n) is 4.91. The maximum Gasteiger partial charge on any atom is 0.338 e. The molecule has 0 unspecified atom stereocenters. The van der Waals surface area contributed by atoms with Gasteiger partial charge in [-0.25, -0.2) is 4.79 Å². The third kappa shape index (κ3) is 5.80. The minimum absolute atomic E-state index is 0.206. The average Bonchev–Trinajstić information content (AvgIpc) is 2.87. The van der Waals surface area contributed by atoms with Crippen LogP contribution in [0.5, 0.6) is 0 Å². The number of rotatable bonds is 8. The highest BCUT2D eigenvalue weighted by Crippen LogP contribution is 2.34. The first-order valence-corrected chi connectivity index (χ1v) is 11.8. The number of ether oxygens (including phenoxy) is 1. The summed E-state index contributed by atoms with van der Waals surface area (Å²) in [5.74, 6) is -0.0293. The Morgan fingerprint density at radius 2 is 1.82 bits per heavy atom. The second kappa shape index (κ2) is 10.9. The SMILES string of the molecule is C[C@@H](N[C@H]1CCC[C@H](c2ccc(C(=O)OC[C@H](O)CO)cc2)C1)c1cccc2ccccc12. The van der Waals surface area contributed by atoms with Crippen molar-refractivity contribution in [3.8, 4) is 0 Å². The predicted molar refractivity (Wildman–Crippen MR) is 130 cm³/mol. The molecule has 0 aliphatic heterocycles. The van der Waals surface area contributed by atoms with Gasteiger partial charge in [-0.1, -0.05) is 61.0 Å². The largest absolute Gasteiger partial charge is 0.459 e. The van der Waals surface area contributed by atoms with Crippen LogP contribution in [-0.4, -0.2) is 41.5 Å². The molecular formula is C28H33NO4. The van der Waals surface area contributed by atoms with Gasteiger partial charge < -0.3 is 20.3 Å². The minimum Gasteiger partial charge on any atom is -0.459 e. The van der Waals surface area contributed by atoms with Crippen LogP contribution < -0.4 is 5.32 Å². The van der Waals surface area contributed by atoms with Gasteiger partial charge in [0.1, 0.15) is 12.7 Å². The highest BCUT2D eigenvalue weighted by atomic mass is 16.5. The molecule has 0 radical (unpaired) electrons. The van der Waals surface area contributed by atoms with Gasteiger partial charge in [0, 0.05) is 12.1 Å². The molecule has 1 fully saturated rings. The molecule has 5 heteroatoms. The van der Waals surface area contributed by atoms with E-state index in [9.17, 15) is 9.90 Å². The molecule has 0 spiro atoms. The van der Waals surface area contributed by atoms with Crippen LogP contribution in [0.15, 0.2) is 66.7 Å². The summed E-state index contributed by atoms with van der Waals surface area (Å²) in [4.78, 5) is 12.1. The fraction of sp³-hybridized carbons (Fsp3) is 0.393. The van der Waals surface area contributed by atoms with Crippen LogP contribution in [0.3, 0.4) is 0 Å². The van der Waals surface area contributed by atoms with Crippen molar-refractivity contribution in [2.24, 2.45) is 0 Å². The Balaban J connectivity index is 1.37. The lowest BCUT2D eigenvalue weighted by Gasteiger charge is -2.32. The molecule has 4 rings (SSSR count). The zero-order chi connectivity index (χ0) is 23.2. The van der Waals surface area contributed by atoms with E-state index in [1.54, 1.807) is 12.1 Å². The van der Waals surface area contributed by atoms with Gasteiger partial charge in [-0.3, -0.25) is 0 Å². The molecule has 0 heterocycles. The van der Waals surface area contributed by atoms with Crippen LogP contribution in [-0.2, 0) is 4.74 Å². The predicted octanol–water partition coefficient (Wildman–Crippen LogP) is 4.73. The highest BCUT2D eigenvalue weighted by molar-refractivity contribution is 5.89. The van der Waals surface area contributed by atoms with Crippen molar-refractivity contribution < 1.29 is 19.7 Å². The van der Waals surface area contributed by atoms with Gasteiger partial charge in [0.25, 0.3) is 0 Å². The molecule has 4 atom stereocenters. The third-order valence-corrected chi connectivity index (χ3v) is 6.69. The Bertz CT molecular complexity index is 1060. The maximum absolute atomic E-state index is 12.1. The molecule has 0 aromatic heterocycles. The highest BCUT2D eigenvalue weighted by Gasteiger charge is 2.25. The summed E-state index contributed by atoms with van der Waals surface area (Å²) in [6, 6.07) is 23.4. The fourth-order valence-corrected chi connectivity index (χ4v) is 4.91. The lowest BCUT2D eigenvalue weighted by molar-refractivity contribution is 0.00933. The summed E-state index contributed by atoms with van der Waals surface area (Å²) in [6.07, 6.45) is 3.52. The average molecular weight is 448 g/mol. The molecule has 1 aliphatic rings. The van der Waals surface area contributed by atoms with E-state index in [1.165, 1.54) is 34.7 Å². The van der Waals surface area contributed by atoms with Crippen LogP contribution in [0.25, 0.3) is 10.8 Å². The van der Waals surface area contributed by atoms with Crippen LogP contribution in [0, 0.1) is 0 Å². The number of carbonyl (C=O) groups excluding carboxylic acids is 1. The second-order valence-electron chi connectivity index (χ2n) is 9.07. The Hall–Kier alpha value is -2.73. The number of carbonyl (C=O) groups is 1. The number of benzene rings is 3. The smallest absolute Gasteiger partial charge is 0.338 e. The number of aliphatic hydroxyl groups excluding tert-OH is 2. The van der Waals surface area contributed by atoms with Crippen LogP contribution >= 0.6 is 0 Å². The molecule has 174 valence electrons. The minimum atomic E-state index is -1.05. The van der Waals surface area contributed by atoms with Crippen LogP contribution in [0.1, 0.15) is 66.1 Å². The van der Waals surface area contributed by atoms with E-state index in [1.807, 2.05) is 12.1 Å². The van der Waals surface area contributed by atoms with E-state index in [0.29, 0.717) is 17.5 Å². The number of nitrogens with one attached hydrogen (secondary N) is 1. The standard InChI is InChI=1S/C28H33NO4/c1-19(26-11-5-7-21-6-2-3-10-27(21)26)29-24-9-4-8-23(16-24)20-12-14-22(15-13-20)28(32)33-18-25(31)17-30/h2-3,5-7,10-15,19,23-25,29-31H,4,8-9,16-18H2,1H3/t19-,23+,24+,25-/m1/s1. The van der Waals surface area contributed by atoms with Gasteiger partial charge in [-0.2, -0.15) is 0 Å². The number of fused-ring (bicyclic) bond motifs is 1. The Labute approximate surface area is 195 Å². The van der Waals surface area contributed by atoms with Crippen LogP contribution in [0.4, 0.5) is 0 Å². The molecule has 5 nitrogen and oxygen atoms in total. The Kier molecular flexibility index (Phi) is 7.76. The first kappa shape index (κ1) is 23.4. The van der Waals surface area contributed by atoms with E-state index in [2.05, 4.69) is 54.7 Å². The second-order valence-corrected chi connectivity index (χ2v) is 9.07. The first-order chi connectivity index (χ1) is 16.0. The van der Waals surface area contributed by atoms with E-state index in [0.717, 1.165) is 12.8 Å². The van der Waals surface area contributed by atoms with Crippen molar-refractivity contribution in [2.75, 3.05) is 13.2 Å². The summed E-state index contributed by atoms with van der Waals surface area (Å²) < 4.78 is 5.04. The van der Waals surface area contributed by atoms with Crippen molar-refractivity contribution in [3.05, 3.63) is 83.4 Å². The van der Waals surface area contributed by atoms with Gasteiger partial charge in [0.2, 0.25) is 0 Å². The van der Waals surface area contributed by atoms with Gasteiger partial charge in [-0.15, -0.1) is 0 Å². The van der Waals surface area contributed by atoms with E-state index < -0.39 is 18.7 Å². The zero-order valence-electron chi connectivity index (χ0n) is 19.1. The third-order valence-electron chi connectivity index (χ3n) is 6.69. The summed E-state index contributed by atoms with van der Waals surface area (Å²) >= 11 is 0. The van der Waals surface area contributed by atoms with Crippen molar-refractivity contribution in [1.82, 2.24) is 5.32 Å². The number of hydrogen-bond acceptors (Lipinski definition) is 5. The molecule has 1 aliphatic carbocycles. The van der Waals surface area contributed by atoms with E-state index in [-0.39, 0.29) is 12.6 Å². The summed E-state index contributed by atoms with van der Waals surface area (Å²) in [5, 5.41) is 24.6. The number of esters is 1. The molecule has 1 saturated carbocycles. The lowest BCUT2D eigenvalue weighted by atomic mass is 9.81. The van der Waals surface area contributed by atoms with Crippen LogP contribution in [0.2, 0.25) is 0 Å². The molecule has 33 heavy (non-hydrogen) atoms. The van der Waals surface area contributed by atoms with E-state index >= 15 is 0 Å². The molecular weight excluding hydrogens is 414 g/mol. The molecule has 0 saturated heterocycles. The van der Waals surface area contributed by atoms with Crippen molar-refractivity contribution in [2.45, 2.75) is 56.7 Å². The quantitative estimate of drug-likeness (QED) is 0.435. The molecule has 0 amide bonds. The summed E-state index contributed by atoms with van der Waals surface area (Å²) in [5.41, 5.74) is 3.04. The number of hydrogen-bond donors (Lipinski definition) is 3. The van der Waals surface area contributed by atoms with E-state index in [4.69, 9.17) is 9.84 Å². The maximum atomic E-state index is 12.1.